The molecular weight excluding hydrogens is 1020 g/mol. The van der Waals surface area contributed by atoms with Gasteiger partial charge in [0.05, 0.1) is 23.5 Å². The van der Waals surface area contributed by atoms with Gasteiger partial charge in [0.1, 0.15) is 11.0 Å². The van der Waals surface area contributed by atoms with Gasteiger partial charge in [0.25, 0.3) is 0 Å². The van der Waals surface area contributed by atoms with Crippen molar-refractivity contribution in [1.29, 1.82) is 0 Å². The summed E-state index contributed by atoms with van der Waals surface area (Å²) in [5.74, 6) is 0. The van der Waals surface area contributed by atoms with E-state index in [1.165, 1.54) is 55.8 Å². The topological polar surface area (TPSA) is 60.8 Å². The van der Waals surface area contributed by atoms with E-state index in [9.17, 15) is 0 Å². The van der Waals surface area contributed by atoms with Crippen LogP contribution in [0.4, 0.5) is 0 Å². The molecular formula is C55H41N4OOsPS2+. The average molecular weight is 1060 g/mol. The number of hydrogen-bond donors (Lipinski definition) is 0. The standard InChI is InChI=1S/C55H41N4OPS2.Os/c1-4-15-38-22-27-41(28-23-38)48-33-50-51(54-52(48)56-62-58-54)34-49(53-55(50)59-63-57-53)42-29-24-39(25-30-42)26-31-43(32-44-36-60-35-40(44)5-2)37(3)61(45-16-9-6-10-17-45,46-18-11-7-12-19-46)47-20-13-8-14-21-47;/h4-34H,35-36H2,1-2H3;/q+1;/b15-4+,31-26+,40-5?,43-37?,44-32?;. The van der Waals surface area contributed by atoms with E-state index in [1.807, 2.05) is 6.92 Å². The Hall–Kier alpha value is -6.05. The second kappa shape index (κ2) is 18.6. The van der Waals surface area contributed by atoms with Crippen molar-refractivity contribution >= 4 is 91.6 Å². The van der Waals surface area contributed by atoms with E-state index < -0.39 is 7.26 Å². The second-order valence-corrected chi connectivity index (χ2v) is 20.5. The molecule has 0 bridgehead atoms. The predicted octanol–water partition coefficient (Wildman–Crippen LogP) is 12.9. The van der Waals surface area contributed by atoms with Crippen molar-refractivity contribution in [2.24, 2.45) is 0 Å². The van der Waals surface area contributed by atoms with Gasteiger partial charge in [0.2, 0.25) is 0 Å². The third-order valence-electron chi connectivity index (χ3n) is 11.9. The Morgan fingerprint density at radius 2 is 1.03 bits per heavy atom. The monoisotopic (exact) mass is 1060 g/mol. The number of hydrogen-bond acceptors (Lipinski definition) is 7. The van der Waals surface area contributed by atoms with Crippen LogP contribution in [0.2, 0.25) is 0 Å². The molecule has 0 amide bonds. The fourth-order valence-corrected chi connectivity index (χ4v) is 15.7. The van der Waals surface area contributed by atoms with Crippen LogP contribution in [-0.4, -0.2) is 30.7 Å². The van der Waals surface area contributed by atoms with E-state index in [4.69, 9.17) is 22.2 Å². The summed E-state index contributed by atoms with van der Waals surface area (Å²) in [6.07, 6.45) is 13.2. The number of allylic oxidation sites excluding steroid dienone is 6. The van der Waals surface area contributed by atoms with Gasteiger partial charge in [0.15, 0.2) is 0 Å². The Balaban J connectivity index is 1.10. The zero-order valence-corrected chi connectivity index (χ0v) is 40.2. The fraction of sp³-hybridized carbons (Fsp3) is 0.0727. The SMILES string of the molecule is CC=C1COCC1=CC(/C=C/c1ccc(-c2cc3c(cc(-c4ccc(/C=C/C)cc4)c4nsnc43)c3nsnc23)cc1)=C([C]#[Os])[P+](c1ccccc1)(c1ccccc1)c1ccccc1. The molecule has 1 saturated heterocycles. The summed E-state index contributed by atoms with van der Waals surface area (Å²) in [6.45, 7) is 5.31. The Bertz CT molecular complexity index is 3270. The first-order valence-electron chi connectivity index (χ1n) is 21.1. The zero-order chi connectivity index (χ0) is 43.5. The van der Waals surface area contributed by atoms with E-state index in [0.29, 0.717) is 13.2 Å². The van der Waals surface area contributed by atoms with Crippen molar-refractivity contribution in [3.05, 3.63) is 209 Å². The van der Waals surface area contributed by atoms with Gasteiger partial charge in [-0.1, -0.05) is 36.4 Å². The molecule has 0 saturated carbocycles. The number of fused-ring (bicyclic) bond motifs is 5. The molecule has 0 aliphatic carbocycles. The summed E-state index contributed by atoms with van der Waals surface area (Å²) in [5.41, 5.74) is 13.5. The molecule has 9 aromatic rings. The molecule has 0 atom stereocenters. The summed E-state index contributed by atoms with van der Waals surface area (Å²) >= 11 is 4.30. The maximum atomic E-state index is 6.03. The van der Waals surface area contributed by atoms with Crippen molar-refractivity contribution in [3.63, 3.8) is 0 Å². The molecule has 7 aromatic carbocycles. The normalized spacial score (nSPS) is 15.0. The molecule has 0 spiro atoms. The van der Waals surface area contributed by atoms with Gasteiger partial charge in [-0.3, -0.25) is 0 Å². The van der Waals surface area contributed by atoms with E-state index in [2.05, 4.69) is 199 Å². The molecule has 311 valence electrons. The first-order valence-corrected chi connectivity index (χ1v) is 25.6. The van der Waals surface area contributed by atoms with E-state index >= 15 is 0 Å². The van der Waals surface area contributed by atoms with Crippen molar-refractivity contribution in [2.75, 3.05) is 13.2 Å². The number of rotatable bonds is 10. The van der Waals surface area contributed by atoms with Gasteiger partial charge in [0, 0.05) is 10.9 Å². The fourth-order valence-electron chi connectivity index (χ4n) is 8.76. The minimum atomic E-state index is -2.45. The van der Waals surface area contributed by atoms with Crippen LogP contribution < -0.4 is 15.9 Å². The molecule has 2 aromatic heterocycles. The summed E-state index contributed by atoms with van der Waals surface area (Å²) < 4.78 is 29.3. The number of aromatic nitrogens is 4. The van der Waals surface area contributed by atoms with Gasteiger partial charge >= 0.3 is 276 Å². The van der Waals surface area contributed by atoms with Crippen LogP contribution in [0.1, 0.15) is 25.0 Å². The molecule has 3 heterocycles. The third-order valence-corrected chi connectivity index (χ3v) is 18.3. The second-order valence-electron chi connectivity index (χ2n) is 15.5. The first kappa shape index (κ1) is 41.9. The molecule has 0 unspecified atom stereocenters. The van der Waals surface area contributed by atoms with Gasteiger partial charge in [-0.15, -0.1) is 0 Å². The minimum absolute atomic E-state index is 0.568. The summed E-state index contributed by atoms with van der Waals surface area (Å²) in [6, 6.07) is 54.8. The van der Waals surface area contributed by atoms with Gasteiger partial charge in [-0.05, 0) is 24.1 Å². The number of benzene rings is 7. The molecule has 0 radical (unpaired) electrons. The van der Waals surface area contributed by atoms with Crippen LogP contribution in [0.25, 0.3) is 67.2 Å². The molecule has 1 aliphatic rings. The average Bonchev–Trinajstić information content (AvgIpc) is 4.16. The van der Waals surface area contributed by atoms with E-state index in [1.54, 1.807) is 17.9 Å². The first-order chi connectivity index (χ1) is 31.6. The van der Waals surface area contributed by atoms with Crippen molar-refractivity contribution in [3.8, 4) is 26.6 Å². The van der Waals surface area contributed by atoms with Crippen LogP contribution in [0.3, 0.4) is 0 Å². The van der Waals surface area contributed by atoms with Crippen molar-refractivity contribution in [2.45, 2.75) is 13.8 Å². The van der Waals surface area contributed by atoms with Crippen LogP contribution in [0, 0.1) is 4.37 Å². The van der Waals surface area contributed by atoms with Crippen molar-refractivity contribution < 1.29 is 22.7 Å². The Morgan fingerprint density at radius 1 is 0.578 bits per heavy atom. The van der Waals surface area contributed by atoms with Crippen LogP contribution >= 0.6 is 30.7 Å². The number of nitrogens with zero attached hydrogens (tertiary/aromatic N) is 4. The van der Waals surface area contributed by atoms with Crippen LogP contribution in [0.5, 0.6) is 0 Å². The quantitative estimate of drug-likeness (QED) is 0.101. The van der Waals surface area contributed by atoms with E-state index in [-0.39, 0.29) is 0 Å². The Morgan fingerprint density at radius 3 is 1.48 bits per heavy atom. The molecule has 0 N–H and O–H groups in total. The summed E-state index contributed by atoms with van der Waals surface area (Å²) in [5, 5.41) is 7.08. The Kier molecular flexibility index (Phi) is 12.2. The number of ether oxygens (including phenoxy) is 1. The van der Waals surface area contributed by atoms with Crippen LogP contribution in [0.15, 0.2) is 198 Å². The maximum absolute atomic E-state index is 6.03. The van der Waals surface area contributed by atoms with Crippen molar-refractivity contribution in [1.82, 2.24) is 17.5 Å². The molecule has 10 rings (SSSR count). The van der Waals surface area contributed by atoms with Gasteiger partial charge in [-0.25, -0.2) is 0 Å². The molecule has 1 fully saturated rings. The van der Waals surface area contributed by atoms with Gasteiger partial charge < -0.3 is 0 Å². The van der Waals surface area contributed by atoms with E-state index in [0.717, 1.165) is 71.8 Å². The summed E-state index contributed by atoms with van der Waals surface area (Å²) in [7, 11) is -2.45. The molecule has 1 aliphatic heterocycles. The van der Waals surface area contributed by atoms with Crippen LogP contribution in [-0.2, 0) is 22.7 Å². The molecule has 64 heavy (non-hydrogen) atoms. The molecule has 9 heteroatoms. The molecule has 5 nitrogen and oxygen atoms in total. The summed E-state index contributed by atoms with van der Waals surface area (Å²) in [4.78, 5) is 0. The van der Waals surface area contributed by atoms with Gasteiger partial charge in [-0.2, -0.15) is 13.1 Å². The predicted molar refractivity (Wildman–Crippen MR) is 269 cm³/mol. The zero-order valence-electron chi connectivity index (χ0n) is 35.1. The third kappa shape index (κ3) is 7.72. The Labute approximate surface area is 391 Å².